The van der Waals surface area contributed by atoms with Crippen molar-refractivity contribution in [1.82, 2.24) is 15.0 Å². The van der Waals surface area contributed by atoms with E-state index in [2.05, 4.69) is 15.0 Å². The molecule has 0 aliphatic carbocycles. The number of piperidine rings is 1. The SMILES string of the molecule is CC(C)(C)N.COCCOCC1(C(=O)O)CCN(Cc2ccc(-c3noc(-c4ccc(OC(C)C)c(O)c4)n3)cc2)CC1. The molecule has 1 saturated heterocycles. The smallest absolute Gasteiger partial charge is 0.312 e. The number of nitrogens with two attached hydrogens (primary N) is 1. The molecule has 4 rings (SSSR count). The summed E-state index contributed by atoms with van der Waals surface area (Å²) in [7, 11) is 1.59. The Kier molecular flexibility index (Phi) is 12.1. The number of carboxylic acid groups (broad SMARTS) is 1. The molecule has 43 heavy (non-hydrogen) atoms. The van der Waals surface area contributed by atoms with E-state index in [9.17, 15) is 15.0 Å². The first-order valence-electron chi connectivity index (χ1n) is 14.5. The Morgan fingerprint density at radius 3 is 2.28 bits per heavy atom. The second-order valence-corrected chi connectivity index (χ2v) is 12.2. The molecule has 2 aromatic carbocycles. The van der Waals surface area contributed by atoms with Crippen molar-refractivity contribution in [3.05, 3.63) is 48.0 Å². The van der Waals surface area contributed by atoms with Gasteiger partial charge in [-0.05, 0) is 84.3 Å². The van der Waals surface area contributed by atoms with Gasteiger partial charge >= 0.3 is 5.97 Å². The van der Waals surface area contributed by atoms with Crippen LogP contribution in [0.2, 0.25) is 0 Å². The number of aromatic hydroxyl groups is 1. The lowest BCUT2D eigenvalue weighted by atomic mass is 9.79. The Bertz CT molecular complexity index is 1290. The Morgan fingerprint density at radius 2 is 1.72 bits per heavy atom. The molecule has 1 aliphatic rings. The number of ether oxygens (including phenoxy) is 3. The van der Waals surface area contributed by atoms with Gasteiger partial charge in [0.25, 0.3) is 5.89 Å². The van der Waals surface area contributed by atoms with E-state index in [1.807, 2.05) is 58.9 Å². The number of methoxy groups -OCH3 is 1. The average Bonchev–Trinajstić information content (AvgIpc) is 3.43. The number of benzene rings is 2. The zero-order chi connectivity index (χ0) is 31.6. The van der Waals surface area contributed by atoms with Crippen LogP contribution in [0.15, 0.2) is 47.0 Å². The van der Waals surface area contributed by atoms with Gasteiger partial charge in [-0.15, -0.1) is 0 Å². The number of rotatable bonds is 12. The van der Waals surface area contributed by atoms with Crippen LogP contribution in [-0.2, 0) is 20.8 Å². The Labute approximate surface area is 253 Å². The minimum absolute atomic E-state index is 0. The number of hydrogen-bond acceptors (Lipinski definition) is 10. The zero-order valence-corrected chi connectivity index (χ0v) is 26.1. The van der Waals surface area contributed by atoms with E-state index in [4.69, 9.17) is 24.5 Å². The predicted octanol–water partition coefficient (Wildman–Crippen LogP) is 4.97. The van der Waals surface area contributed by atoms with Crippen LogP contribution in [0.1, 0.15) is 53.0 Å². The van der Waals surface area contributed by atoms with Gasteiger partial charge in [-0.25, -0.2) is 0 Å². The van der Waals surface area contributed by atoms with Crippen LogP contribution < -0.4 is 10.5 Å². The molecule has 3 aromatic rings. The fourth-order valence-electron chi connectivity index (χ4n) is 4.45. The lowest BCUT2D eigenvalue weighted by Crippen LogP contribution is -2.46. The van der Waals surface area contributed by atoms with Gasteiger partial charge in [0.05, 0.1) is 31.3 Å². The largest absolute Gasteiger partial charge is 0.504 e. The molecule has 1 aliphatic heterocycles. The highest BCUT2D eigenvalue weighted by Gasteiger charge is 2.41. The van der Waals surface area contributed by atoms with Crippen LogP contribution >= 0.6 is 0 Å². The summed E-state index contributed by atoms with van der Waals surface area (Å²) >= 11 is 0. The third kappa shape index (κ3) is 10.6. The first kappa shape index (κ1) is 34.0. The molecule has 1 aromatic heterocycles. The normalized spacial score (nSPS) is 15.2. The summed E-state index contributed by atoms with van der Waals surface area (Å²) in [6.45, 7) is 12.8. The molecule has 0 unspecified atom stereocenters. The van der Waals surface area contributed by atoms with Crippen LogP contribution in [0.4, 0.5) is 0 Å². The molecule has 0 saturated carbocycles. The third-order valence-electron chi connectivity index (χ3n) is 6.69. The fourth-order valence-corrected chi connectivity index (χ4v) is 4.45. The summed E-state index contributed by atoms with van der Waals surface area (Å²) in [4.78, 5) is 18.7. The molecule has 236 valence electrons. The number of aliphatic carboxylic acids is 1. The number of hydrogen-bond donors (Lipinski definition) is 3. The number of carbonyl (C=O) groups is 1. The summed E-state index contributed by atoms with van der Waals surface area (Å²) in [5.41, 5.74) is 7.03. The minimum atomic E-state index is -0.844. The van der Waals surface area contributed by atoms with Gasteiger partial charge in [-0.2, -0.15) is 4.98 Å². The lowest BCUT2D eigenvalue weighted by Gasteiger charge is -2.38. The summed E-state index contributed by atoms with van der Waals surface area (Å²) in [6, 6.07) is 12.9. The summed E-state index contributed by atoms with van der Waals surface area (Å²) in [5.74, 6) is 0.366. The number of likely N-dealkylation sites (tertiary alicyclic amines) is 1. The number of nitrogens with zero attached hydrogens (tertiary/aromatic N) is 3. The van der Waals surface area contributed by atoms with E-state index < -0.39 is 11.4 Å². The van der Waals surface area contributed by atoms with Gasteiger partial charge in [0.1, 0.15) is 0 Å². The molecule has 2 heterocycles. The fraction of sp³-hybridized carbons (Fsp3) is 0.531. The molecule has 0 bridgehead atoms. The molecule has 11 nitrogen and oxygen atoms in total. The van der Waals surface area contributed by atoms with Gasteiger partial charge in [-0.1, -0.05) is 29.4 Å². The molecular weight excluding hydrogens is 552 g/mol. The molecule has 0 amide bonds. The maximum atomic E-state index is 12.0. The van der Waals surface area contributed by atoms with E-state index in [1.165, 1.54) is 0 Å². The maximum absolute atomic E-state index is 12.0. The van der Waals surface area contributed by atoms with Gasteiger partial charge in [0.15, 0.2) is 11.5 Å². The van der Waals surface area contributed by atoms with E-state index in [0.29, 0.717) is 62.2 Å². The standard InChI is InChI=1S/C28H35N3O7.C4H11N/c1-19(2)37-24-9-8-22(16-23(24)32)26-29-25(30-38-26)21-6-4-20(5-7-21)17-31-12-10-28(11-13-31,27(33)34)18-36-15-14-35-3;1-4(2,3)5/h4-9,16,19,32H,10-15,17-18H2,1-3H3,(H,33,34);5H2,1-3H3. The molecular formula is C32H46N4O7. The van der Waals surface area contributed by atoms with Gasteiger partial charge < -0.3 is 34.7 Å². The topological polar surface area (TPSA) is 153 Å². The number of carboxylic acids is 1. The van der Waals surface area contributed by atoms with Gasteiger partial charge in [-0.3, -0.25) is 9.69 Å². The molecule has 1 fully saturated rings. The van der Waals surface area contributed by atoms with E-state index in [0.717, 1.165) is 17.7 Å². The number of phenolic OH excluding ortho intramolecular Hbond substituents is 1. The van der Waals surface area contributed by atoms with Gasteiger partial charge in [0.2, 0.25) is 5.82 Å². The van der Waals surface area contributed by atoms with Crippen LogP contribution in [0.3, 0.4) is 0 Å². The highest BCUT2D eigenvalue weighted by molar-refractivity contribution is 5.75. The van der Waals surface area contributed by atoms with Crippen molar-refractivity contribution in [2.75, 3.05) is 40.0 Å². The zero-order valence-electron chi connectivity index (χ0n) is 26.1. The second kappa shape index (κ2) is 15.3. The first-order valence-corrected chi connectivity index (χ1v) is 14.5. The summed E-state index contributed by atoms with van der Waals surface area (Å²) < 4.78 is 21.5. The Morgan fingerprint density at radius 1 is 1.09 bits per heavy atom. The molecule has 0 atom stereocenters. The highest BCUT2D eigenvalue weighted by Crippen LogP contribution is 2.34. The summed E-state index contributed by atoms with van der Waals surface area (Å²) in [6.07, 6.45) is 1.03. The van der Waals surface area contributed by atoms with Gasteiger partial charge in [0, 0.05) is 30.3 Å². The Hall–Kier alpha value is -3.51. The molecule has 11 heteroatoms. The summed E-state index contributed by atoms with van der Waals surface area (Å²) in [5, 5.41) is 24.2. The van der Waals surface area contributed by atoms with Crippen LogP contribution in [-0.4, -0.2) is 82.9 Å². The molecule has 4 N–H and O–H groups in total. The molecule has 0 radical (unpaired) electrons. The van der Waals surface area contributed by atoms with Crippen LogP contribution in [0, 0.1) is 5.41 Å². The monoisotopic (exact) mass is 598 g/mol. The second-order valence-electron chi connectivity index (χ2n) is 12.2. The minimum Gasteiger partial charge on any atom is -0.504 e. The quantitative estimate of drug-likeness (QED) is 0.242. The lowest BCUT2D eigenvalue weighted by molar-refractivity contribution is -0.157. The van der Waals surface area contributed by atoms with Crippen molar-refractivity contribution in [2.24, 2.45) is 11.1 Å². The Balaban J connectivity index is 0.000000934. The molecule has 0 spiro atoms. The third-order valence-corrected chi connectivity index (χ3v) is 6.69. The van der Waals surface area contributed by atoms with E-state index in [-0.39, 0.29) is 24.0 Å². The van der Waals surface area contributed by atoms with Crippen molar-refractivity contribution in [1.29, 1.82) is 0 Å². The highest BCUT2D eigenvalue weighted by atomic mass is 16.5. The van der Waals surface area contributed by atoms with Crippen molar-refractivity contribution in [3.8, 4) is 34.3 Å². The first-order chi connectivity index (χ1) is 20.3. The van der Waals surface area contributed by atoms with E-state index in [1.54, 1.807) is 25.3 Å². The van der Waals surface area contributed by atoms with E-state index >= 15 is 0 Å². The maximum Gasteiger partial charge on any atom is 0.312 e. The predicted molar refractivity (Wildman–Crippen MR) is 164 cm³/mol. The van der Waals surface area contributed by atoms with Crippen molar-refractivity contribution < 1.29 is 33.7 Å². The van der Waals surface area contributed by atoms with Crippen molar-refractivity contribution in [3.63, 3.8) is 0 Å². The van der Waals surface area contributed by atoms with Crippen molar-refractivity contribution in [2.45, 2.75) is 65.6 Å². The average molecular weight is 599 g/mol. The number of phenols is 1. The number of aromatic nitrogens is 2. The van der Waals surface area contributed by atoms with Crippen LogP contribution in [0.25, 0.3) is 22.8 Å². The van der Waals surface area contributed by atoms with Crippen molar-refractivity contribution >= 4 is 5.97 Å². The van der Waals surface area contributed by atoms with Crippen LogP contribution in [0.5, 0.6) is 11.5 Å².